The summed E-state index contributed by atoms with van der Waals surface area (Å²) in [6, 6.07) is 20.8. The van der Waals surface area contributed by atoms with Crippen LogP contribution < -0.4 is 0 Å². The Balaban J connectivity index is -0.000000648. The molecule has 0 unspecified atom stereocenters. The van der Waals surface area contributed by atoms with Crippen LogP contribution >= 0.6 is 0 Å². The van der Waals surface area contributed by atoms with Gasteiger partial charge in [0, 0.05) is 92.8 Å². The molecule has 1 heterocycles. The molecule has 0 aliphatic heterocycles. The molecule has 0 saturated carbocycles. The van der Waals surface area contributed by atoms with Gasteiger partial charge in [-0.3, -0.25) is 0 Å². The van der Waals surface area contributed by atoms with Gasteiger partial charge >= 0.3 is 0 Å². The van der Waals surface area contributed by atoms with E-state index in [2.05, 4.69) is 43.4 Å². The minimum absolute atomic E-state index is 0. The van der Waals surface area contributed by atoms with Crippen molar-refractivity contribution in [1.82, 2.24) is 4.57 Å². The van der Waals surface area contributed by atoms with E-state index >= 15 is 0 Å². The second kappa shape index (κ2) is 12.2. The van der Waals surface area contributed by atoms with Gasteiger partial charge in [-0.25, -0.2) is 0 Å². The normalized spacial score (nSPS) is 8.19. The van der Waals surface area contributed by atoms with E-state index in [0.717, 1.165) is 5.69 Å². The Morgan fingerprint density at radius 1 is 0.667 bits per heavy atom. The van der Waals surface area contributed by atoms with Gasteiger partial charge in [-0.1, -0.05) is 82.8 Å². The van der Waals surface area contributed by atoms with Gasteiger partial charge in [-0.05, 0) is 0 Å². The molecule has 21 heavy (non-hydrogen) atoms. The summed E-state index contributed by atoms with van der Waals surface area (Å²) in [5.74, 6) is 0. The van der Waals surface area contributed by atoms with Crippen LogP contribution in [0.5, 0.6) is 0 Å². The molecule has 0 saturated heterocycles. The molecule has 0 atom stereocenters. The van der Waals surface area contributed by atoms with Gasteiger partial charge < -0.3 is 4.57 Å². The Bertz CT molecular complexity index is 637. The first kappa shape index (κ1) is 26.7. The first-order valence-electron chi connectivity index (χ1n) is 5.33. The first-order valence-corrected chi connectivity index (χ1v) is 5.33. The molecule has 1 aromatic heterocycles. The number of para-hydroxylation sites is 1. The third-order valence-corrected chi connectivity index (χ3v) is 2.88. The average Bonchev–Trinajstić information content (AvgIpc) is 2.69. The number of aromatic nitrogens is 1. The monoisotopic (exact) mass is 461 g/mol. The zero-order valence-electron chi connectivity index (χ0n) is 11.2. The van der Waals surface area contributed by atoms with E-state index in [1.807, 2.05) is 28.8 Å². The fourth-order valence-electron chi connectivity index (χ4n) is 2.06. The van der Waals surface area contributed by atoms with E-state index < -0.39 is 0 Å². The fraction of sp³-hybridized carbons (Fsp3) is 0. The maximum Gasteiger partial charge on any atom is 0 e. The number of nitrogens with zero attached hydrogens (tertiary/aromatic N) is 1. The number of rotatable bonds is 1. The van der Waals surface area contributed by atoms with Gasteiger partial charge in [0.1, 0.15) is 0 Å². The Morgan fingerprint density at radius 3 is 1.76 bits per heavy atom. The topological polar surface area (TPSA) is 4.93 Å². The van der Waals surface area contributed by atoms with Crippen LogP contribution in [0.3, 0.4) is 0 Å². The molecule has 0 spiro atoms. The van der Waals surface area contributed by atoms with Crippen LogP contribution in [0.15, 0.2) is 60.7 Å². The molecule has 1 nitrogen and oxygen atoms in total. The van der Waals surface area contributed by atoms with E-state index in [1.165, 1.54) is 16.5 Å². The predicted octanol–water partition coefficient (Wildman–Crippen LogP) is 3.94. The zero-order valence-corrected chi connectivity index (χ0v) is 18.1. The van der Waals surface area contributed by atoms with Crippen molar-refractivity contribution < 1.29 is 92.8 Å². The van der Waals surface area contributed by atoms with Crippen LogP contribution in [0.4, 0.5) is 0 Å². The maximum absolute atomic E-state index is 4.10. The summed E-state index contributed by atoms with van der Waals surface area (Å²) < 4.78 is 1.99. The van der Waals surface area contributed by atoms with E-state index in [4.69, 9.17) is 0 Å². The summed E-state index contributed by atoms with van der Waals surface area (Å²) in [6.45, 7) is 0. The molecule has 2 aromatic carbocycles. The molecule has 0 fully saturated rings. The van der Waals surface area contributed by atoms with Crippen molar-refractivity contribution in [2.24, 2.45) is 0 Å². The molecule has 5 radical (unpaired) electrons. The van der Waals surface area contributed by atoms with Crippen LogP contribution in [0, 0.1) is 7.05 Å². The summed E-state index contributed by atoms with van der Waals surface area (Å²) in [7, 11) is 4.10. The van der Waals surface area contributed by atoms with Crippen molar-refractivity contribution in [2.75, 3.05) is 0 Å². The molecule has 103 valence electrons. The van der Waals surface area contributed by atoms with Crippen molar-refractivity contribution in [3.8, 4) is 11.3 Å². The quantitative estimate of drug-likeness (QED) is 0.485. The van der Waals surface area contributed by atoms with E-state index in [1.54, 1.807) is 0 Å². The van der Waals surface area contributed by atoms with Crippen LogP contribution in [0.2, 0.25) is 0 Å². The molecular weight excluding hydrogens is 449 g/mol. The Labute approximate surface area is 185 Å². The summed E-state index contributed by atoms with van der Waals surface area (Å²) in [4.78, 5) is 0. The molecule has 0 aliphatic rings. The molecule has 6 heteroatoms. The Morgan fingerprint density at radius 2 is 1.19 bits per heavy atom. The number of benzene rings is 2. The third kappa shape index (κ3) is 5.72. The van der Waals surface area contributed by atoms with E-state index in [9.17, 15) is 0 Å². The summed E-state index contributed by atoms with van der Waals surface area (Å²) in [6.07, 6.45) is 0. The fourth-order valence-corrected chi connectivity index (χ4v) is 2.06. The first-order chi connectivity index (χ1) is 7.86. The van der Waals surface area contributed by atoms with Gasteiger partial charge in [0.2, 0.25) is 0 Å². The van der Waals surface area contributed by atoms with Gasteiger partial charge in [0.25, 0.3) is 0 Å². The van der Waals surface area contributed by atoms with Crippen molar-refractivity contribution in [3.05, 3.63) is 67.7 Å². The van der Waals surface area contributed by atoms with Crippen molar-refractivity contribution in [3.63, 3.8) is 0 Å². The second-order valence-electron chi connectivity index (χ2n) is 3.88. The van der Waals surface area contributed by atoms with Gasteiger partial charge in [-0.15, -0.1) is 7.05 Å². The number of hydrogen-bond acceptors (Lipinski definition) is 0. The van der Waals surface area contributed by atoms with Crippen LogP contribution in [0.1, 0.15) is 0 Å². The summed E-state index contributed by atoms with van der Waals surface area (Å²) in [5.41, 5.74) is 3.52. The van der Waals surface area contributed by atoms with Gasteiger partial charge in [0.05, 0.1) is 0 Å². The Hall–Kier alpha value is 0.772. The van der Waals surface area contributed by atoms with Crippen molar-refractivity contribution >= 4 is 10.9 Å². The largest absolute Gasteiger partial charge is 0.481 e. The number of fused-ring (bicyclic) bond motifs is 1. The van der Waals surface area contributed by atoms with E-state index in [-0.39, 0.29) is 92.8 Å². The minimum Gasteiger partial charge on any atom is -0.481 e. The average molecular weight is 461 g/mol. The Kier molecular flexibility index (Phi) is 15.5. The molecule has 0 bridgehead atoms. The number of hydrogen-bond donors (Lipinski definition) is 0. The summed E-state index contributed by atoms with van der Waals surface area (Å²) >= 11 is 0. The van der Waals surface area contributed by atoms with Gasteiger partial charge in [0.15, 0.2) is 0 Å². The SMILES string of the molecule is [CH2-]n1c(-c2ccccc2)cc2ccccc21.[V].[V].[V].[V].[V]. The van der Waals surface area contributed by atoms with Crippen LogP contribution in [-0.2, 0) is 92.8 Å². The molecule has 3 rings (SSSR count). The summed E-state index contributed by atoms with van der Waals surface area (Å²) in [5, 5.41) is 1.23. The van der Waals surface area contributed by atoms with Crippen molar-refractivity contribution in [1.29, 1.82) is 0 Å². The maximum atomic E-state index is 4.10. The molecule has 3 aromatic rings. The van der Waals surface area contributed by atoms with Crippen LogP contribution in [0.25, 0.3) is 22.2 Å². The molecule has 0 N–H and O–H groups in total. The van der Waals surface area contributed by atoms with Crippen LogP contribution in [-0.4, -0.2) is 4.57 Å². The molecular formula is C15H12NV5-. The zero-order chi connectivity index (χ0) is 11.0. The molecule has 0 aliphatic carbocycles. The second-order valence-corrected chi connectivity index (χ2v) is 3.88. The third-order valence-electron chi connectivity index (χ3n) is 2.88. The smallest absolute Gasteiger partial charge is 0 e. The van der Waals surface area contributed by atoms with Gasteiger partial charge in [-0.2, -0.15) is 0 Å². The predicted molar refractivity (Wildman–Crippen MR) is 68.1 cm³/mol. The standard InChI is InChI=1S/C15H12N.5V/c1-16-14-10-6-5-9-13(14)11-15(16)12-7-3-2-4-8-12;;;;;/h2-11H,1H2;;;;;/q-1;;;;;. The minimum atomic E-state index is 0. The van der Waals surface area contributed by atoms with Crippen molar-refractivity contribution in [2.45, 2.75) is 0 Å². The van der Waals surface area contributed by atoms with E-state index in [0.29, 0.717) is 0 Å². The molecule has 0 amide bonds.